The van der Waals surface area contributed by atoms with Crippen molar-refractivity contribution in [3.05, 3.63) is 55.7 Å². The van der Waals surface area contributed by atoms with Gasteiger partial charge in [0, 0.05) is 22.8 Å². The second-order valence-electron chi connectivity index (χ2n) is 23.0. The van der Waals surface area contributed by atoms with E-state index in [-0.39, 0.29) is 11.1 Å². The zero-order valence-corrected chi connectivity index (χ0v) is 50.9. The van der Waals surface area contributed by atoms with Crippen LogP contribution in [0.25, 0.3) is 50.4 Å². The summed E-state index contributed by atoms with van der Waals surface area (Å²) < 4.78 is 9.08. The van der Waals surface area contributed by atoms with Crippen molar-refractivity contribution >= 4 is 86.0 Å². The summed E-state index contributed by atoms with van der Waals surface area (Å²) in [4.78, 5) is 31.9. The maximum absolute atomic E-state index is 14.9. The van der Waals surface area contributed by atoms with Crippen molar-refractivity contribution in [1.82, 2.24) is 9.13 Å². The molecule has 0 saturated heterocycles. The van der Waals surface area contributed by atoms with Gasteiger partial charge in [-0.05, 0) is 72.5 Å². The fraction of sp³-hybridized carbons (Fsp3) is 0.727. The van der Waals surface area contributed by atoms with Gasteiger partial charge in [-0.3, -0.25) is 9.59 Å². The van der Waals surface area contributed by atoms with E-state index < -0.39 is 0 Å². The maximum Gasteiger partial charge on any atom is 0.259 e. The highest BCUT2D eigenvalue weighted by molar-refractivity contribution is 7.32. The molecule has 8 heteroatoms. The minimum atomic E-state index is 0.173. The van der Waals surface area contributed by atoms with Gasteiger partial charge in [0.15, 0.2) is 0 Å². The van der Waals surface area contributed by atoms with Crippen molar-refractivity contribution in [1.29, 1.82) is 0 Å². The third-order valence-electron chi connectivity index (χ3n) is 16.7. The number of aromatic nitrogens is 2. The van der Waals surface area contributed by atoms with E-state index in [2.05, 4.69) is 71.9 Å². The summed E-state index contributed by atoms with van der Waals surface area (Å²) in [6.07, 6.45) is 53.5. The maximum atomic E-state index is 14.9. The molecule has 414 valence electrons. The molecular formula is C66H104N2O2S4. The number of nitrogens with zero attached hydrogens (tertiary/aromatic N) is 2. The molecule has 0 aliphatic rings. The monoisotopic (exact) mass is 1080 g/mol. The fourth-order valence-electron chi connectivity index (χ4n) is 12.1. The van der Waals surface area contributed by atoms with Crippen LogP contribution in [0, 0.1) is 11.8 Å². The van der Waals surface area contributed by atoms with Crippen LogP contribution in [0.4, 0.5) is 0 Å². The van der Waals surface area contributed by atoms with E-state index in [4.69, 9.17) is 0 Å². The van der Waals surface area contributed by atoms with Crippen molar-refractivity contribution in [2.24, 2.45) is 11.8 Å². The summed E-state index contributed by atoms with van der Waals surface area (Å²) in [6.45, 7) is 10.8. The first-order valence-corrected chi connectivity index (χ1v) is 35.0. The molecule has 6 rings (SSSR count). The molecule has 0 N–H and O–H groups in total. The summed E-state index contributed by atoms with van der Waals surface area (Å²) in [5.41, 5.74) is 2.57. The van der Waals surface area contributed by atoms with Crippen LogP contribution in [0.15, 0.2) is 44.6 Å². The molecule has 0 aliphatic heterocycles. The third kappa shape index (κ3) is 19.6. The van der Waals surface area contributed by atoms with Gasteiger partial charge >= 0.3 is 0 Å². The molecule has 0 saturated carbocycles. The van der Waals surface area contributed by atoms with Gasteiger partial charge in [-0.25, -0.2) is 0 Å². The van der Waals surface area contributed by atoms with Crippen molar-refractivity contribution in [3.63, 3.8) is 0 Å². The molecule has 6 heterocycles. The molecule has 0 spiro atoms. The first kappa shape index (κ1) is 61.0. The Morgan fingerprint density at radius 3 is 0.878 bits per heavy atom. The van der Waals surface area contributed by atoms with E-state index in [1.54, 1.807) is 45.3 Å². The molecule has 0 fully saturated rings. The predicted molar refractivity (Wildman–Crippen MR) is 336 cm³/mol. The average Bonchev–Trinajstić information content (AvgIpc) is 4.26. The highest BCUT2D eigenvalue weighted by atomic mass is 32.1. The lowest BCUT2D eigenvalue weighted by molar-refractivity contribution is 0.357. The van der Waals surface area contributed by atoms with Crippen LogP contribution in [-0.2, 0) is 13.1 Å². The zero-order valence-electron chi connectivity index (χ0n) is 47.7. The molecule has 74 heavy (non-hydrogen) atoms. The second-order valence-corrected chi connectivity index (χ2v) is 26.9. The Balaban J connectivity index is 1.17. The summed E-state index contributed by atoms with van der Waals surface area (Å²) in [5.74, 6) is 1.04. The highest BCUT2D eigenvalue weighted by Gasteiger charge is 2.23. The van der Waals surface area contributed by atoms with Gasteiger partial charge in [0.05, 0.1) is 40.6 Å². The van der Waals surface area contributed by atoms with Gasteiger partial charge in [-0.2, -0.15) is 0 Å². The van der Waals surface area contributed by atoms with Crippen LogP contribution in [0.2, 0.25) is 0 Å². The van der Waals surface area contributed by atoms with Crippen LogP contribution in [0.1, 0.15) is 285 Å². The van der Waals surface area contributed by atoms with Crippen LogP contribution in [0.5, 0.6) is 0 Å². The van der Waals surface area contributed by atoms with Crippen molar-refractivity contribution in [2.75, 3.05) is 0 Å². The van der Waals surface area contributed by atoms with Crippen molar-refractivity contribution < 1.29 is 0 Å². The van der Waals surface area contributed by atoms with E-state index >= 15 is 0 Å². The van der Waals surface area contributed by atoms with Crippen molar-refractivity contribution in [2.45, 2.75) is 298 Å². The van der Waals surface area contributed by atoms with Gasteiger partial charge in [0.2, 0.25) is 0 Å². The zero-order chi connectivity index (χ0) is 52.0. The molecule has 0 aliphatic carbocycles. The first-order chi connectivity index (χ1) is 36.5. The average molecular weight is 1090 g/mol. The van der Waals surface area contributed by atoms with Crippen LogP contribution >= 0.6 is 45.3 Å². The fourth-order valence-corrected chi connectivity index (χ4v) is 16.6. The Hall–Kier alpha value is -2.26. The summed E-state index contributed by atoms with van der Waals surface area (Å²) in [6, 6.07) is 8.80. The third-order valence-corrected chi connectivity index (χ3v) is 21.3. The molecule has 6 aromatic rings. The number of hydrogen-bond donors (Lipinski definition) is 0. The first-order valence-electron chi connectivity index (χ1n) is 31.6. The van der Waals surface area contributed by atoms with Crippen LogP contribution in [-0.4, -0.2) is 9.13 Å². The molecule has 4 nitrogen and oxygen atoms in total. The minimum absolute atomic E-state index is 0.173. The largest absolute Gasteiger partial charge is 0.307 e. The Labute approximate surface area is 466 Å². The molecule has 6 aromatic heterocycles. The van der Waals surface area contributed by atoms with Gasteiger partial charge < -0.3 is 9.13 Å². The van der Waals surface area contributed by atoms with Crippen molar-refractivity contribution in [3.8, 4) is 9.75 Å². The summed E-state index contributed by atoms with van der Waals surface area (Å²) in [5, 5.41) is 6.11. The van der Waals surface area contributed by atoms with E-state index in [1.165, 1.54) is 266 Å². The molecule has 2 unspecified atom stereocenters. The van der Waals surface area contributed by atoms with Gasteiger partial charge in [-0.15, -0.1) is 45.3 Å². The number of fused-ring (bicyclic) bond motifs is 6. The molecule has 0 radical (unpaired) electrons. The SMILES string of the molecule is CCCCCCCCCCCCC(CCCCCCCCCC)Cn1c(=O)c2cc(-c3cc4c(=O)n(CC(CCCCCCCCCC)CCCCCCCCCCCC)c5ccsc5c4s3)sc2c2sccc21. The lowest BCUT2D eigenvalue weighted by atomic mass is 9.93. The Morgan fingerprint density at radius 1 is 0.351 bits per heavy atom. The number of pyridine rings is 2. The Morgan fingerprint density at radius 2 is 0.608 bits per heavy atom. The highest BCUT2D eigenvalue weighted by Crippen LogP contribution is 2.44. The Bertz CT molecular complexity index is 2360. The van der Waals surface area contributed by atoms with Crippen LogP contribution < -0.4 is 11.1 Å². The number of unbranched alkanes of at least 4 members (excludes halogenated alkanes) is 32. The van der Waals surface area contributed by atoms with Gasteiger partial charge in [-0.1, -0.05) is 259 Å². The smallest absolute Gasteiger partial charge is 0.259 e. The minimum Gasteiger partial charge on any atom is -0.307 e. The number of rotatable bonds is 45. The van der Waals surface area contributed by atoms with E-state index in [0.29, 0.717) is 11.8 Å². The Kier molecular flexibility index (Phi) is 29.7. The standard InChI is InChI=1S/C66H104N2O2S4/c1-5-9-13-17-21-25-27-31-35-39-43-53(41-37-33-29-23-19-15-11-7-3)51-67-57-45-47-71-63(57)61-55(65(67)69)49-59(73-61)60-50-56-62(74-60)64-58(46-48-72-64)68(66(56)70)52-54(42-38-34-30-24-20-16-12-8-4)44-40-36-32-28-26-22-18-14-10-6-2/h45-50,53-54H,5-44,51-52H2,1-4H3. The molecule has 2 atom stereocenters. The number of thiophene rings is 4. The van der Waals surface area contributed by atoms with Gasteiger partial charge in [0.25, 0.3) is 11.1 Å². The normalized spacial score (nSPS) is 13.0. The lowest BCUT2D eigenvalue weighted by Crippen LogP contribution is -2.24. The summed E-state index contributed by atoms with van der Waals surface area (Å²) in [7, 11) is 0. The number of hydrogen-bond acceptors (Lipinski definition) is 6. The topological polar surface area (TPSA) is 44.0 Å². The van der Waals surface area contributed by atoms with E-state index in [0.717, 1.165) is 54.0 Å². The second kappa shape index (κ2) is 36.0. The van der Waals surface area contributed by atoms with Gasteiger partial charge in [0.1, 0.15) is 0 Å². The van der Waals surface area contributed by atoms with E-state index in [1.807, 2.05) is 0 Å². The molecular weight excluding hydrogens is 981 g/mol. The van der Waals surface area contributed by atoms with E-state index in [9.17, 15) is 9.59 Å². The predicted octanol–water partition coefficient (Wildman–Crippen LogP) is 23.5. The quantitative estimate of drug-likeness (QED) is 0.0358. The molecule has 0 aromatic carbocycles. The molecule has 0 amide bonds. The summed E-state index contributed by atoms with van der Waals surface area (Å²) >= 11 is 7.11. The molecule has 0 bridgehead atoms. The van der Waals surface area contributed by atoms with Crippen LogP contribution in [0.3, 0.4) is 0 Å². The lowest BCUT2D eigenvalue weighted by Gasteiger charge is -2.20.